The zero-order chi connectivity index (χ0) is 13.2. The van der Waals surface area contributed by atoms with Gasteiger partial charge in [-0.3, -0.25) is 0 Å². The molecular weight excluding hydrogens is 268 g/mol. The van der Waals surface area contributed by atoms with Gasteiger partial charge in [0.15, 0.2) is 0 Å². The first kappa shape index (κ1) is 14.0. The summed E-state index contributed by atoms with van der Waals surface area (Å²) in [7, 11) is -2.95. The van der Waals surface area contributed by atoms with E-state index >= 15 is 0 Å². The Hall–Kier alpha value is -0.430. The van der Waals surface area contributed by atoms with Crippen LogP contribution in [-0.2, 0) is 10.0 Å². The number of nitrogens with one attached hydrogen (secondary N) is 1. The van der Waals surface area contributed by atoms with Crippen LogP contribution in [0.1, 0.15) is 29.8 Å². The Bertz CT molecular complexity index is 496. The summed E-state index contributed by atoms with van der Waals surface area (Å²) in [6, 6.07) is 2.40. The van der Waals surface area contributed by atoms with Gasteiger partial charge in [-0.2, -0.15) is 0 Å². The molecule has 1 aromatic rings. The minimum atomic E-state index is -2.95. The van der Waals surface area contributed by atoms with Gasteiger partial charge in [0.25, 0.3) is 0 Å². The second kappa shape index (κ2) is 5.69. The Morgan fingerprint density at radius 2 is 2.33 bits per heavy atom. The Morgan fingerprint density at radius 3 is 2.89 bits per heavy atom. The quantitative estimate of drug-likeness (QED) is 0.898. The third-order valence-electron chi connectivity index (χ3n) is 3.31. The maximum Gasteiger partial charge on any atom is 0.214 e. The zero-order valence-corrected chi connectivity index (χ0v) is 12.5. The molecule has 2 heterocycles. The molecule has 1 N–H and O–H groups in total. The minimum Gasteiger partial charge on any atom is -0.308 e. The molecule has 0 amide bonds. The van der Waals surface area contributed by atoms with Crippen molar-refractivity contribution in [1.29, 1.82) is 0 Å². The van der Waals surface area contributed by atoms with E-state index in [2.05, 4.69) is 30.6 Å². The zero-order valence-electron chi connectivity index (χ0n) is 10.8. The summed E-state index contributed by atoms with van der Waals surface area (Å²) >= 11 is 1.75. The lowest BCUT2D eigenvalue weighted by molar-refractivity contribution is 0.422. The van der Waals surface area contributed by atoms with Gasteiger partial charge < -0.3 is 5.32 Å². The van der Waals surface area contributed by atoms with Crippen LogP contribution in [0, 0.1) is 6.92 Å². The molecule has 0 aliphatic carbocycles. The van der Waals surface area contributed by atoms with Gasteiger partial charge in [-0.05, 0) is 37.3 Å². The van der Waals surface area contributed by atoms with E-state index in [1.54, 1.807) is 15.6 Å². The van der Waals surface area contributed by atoms with Gasteiger partial charge in [0.1, 0.15) is 0 Å². The fourth-order valence-corrected chi connectivity index (χ4v) is 4.76. The Kier molecular flexibility index (Phi) is 4.42. The minimum absolute atomic E-state index is 0.287. The second-order valence-electron chi connectivity index (χ2n) is 4.71. The molecule has 1 aliphatic heterocycles. The predicted octanol–water partition coefficient (Wildman–Crippen LogP) is 1.74. The second-order valence-corrected chi connectivity index (χ2v) is 7.75. The lowest BCUT2D eigenvalue weighted by Crippen LogP contribution is -2.34. The molecule has 0 spiro atoms. The molecule has 0 aromatic carbocycles. The molecule has 1 aliphatic rings. The normalized spacial score (nSPS) is 21.2. The molecule has 1 aromatic heterocycles. The number of aryl methyl sites for hydroxylation is 1. The molecule has 0 saturated carbocycles. The van der Waals surface area contributed by atoms with E-state index in [-0.39, 0.29) is 6.04 Å². The first-order valence-electron chi connectivity index (χ1n) is 6.26. The van der Waals surface area contributed by atoms with Crippen LogP contribution in [0.4, 0.5) is 0 Å². The molecule has 1 fully saturated rings. The highest BCUT2D eigenvalue weighted by Gasteiger charge is 2.27. The van der Waals surface area contributed by atoms with Gasteiger partial charge in [-0.1, -0.05) is 0 Å². The Morgan fingerprint density at radius 1 is 1.56 bits per heavy atom. The summed E-state index contributed by atoms with van der Waals surface area (Å²) in [6.07, 6.45) is 0.766. The van der Waals surface area contributed by atoms with Crippen molar-refractivity contribution >= 4 is 21.4 Å². The standard InChI is InChI=1S/C12H20N2O2S2/c1-10-4-8-17-12(10)11(2)13-5-7-14-6-3-9-18(14,15)16/h4,8,11,13H,3,5-7,9H2,1-2H3. The number of rotatable bonds is 5. The SMILES string of the molecule is Cc1ccsc1C(C)NCCN1CCCS1(=O)=O. The van der Waals surface area contributed by atoms with Crippen molar-refractivity contribution in [1.82, 2.24) is 9.62 Å². The number of nitrogens with zero attached hydrogens (tertiary/aromatic N) is 1. The molecule has 0 radical (unpaired) electrons. The van der Waals surface area contributed by atoms with Crippen molar-refractivity contribution < 1.29 is 8.42 Å². The average molecular weight is 288 g/mol. The number of thiophene rings is 1. The van der Waals surface area contributed by atoms with Crippen molar-refractivity contribution in [2.24, 2.45) is 0 Å². The number of hydrogen-bond donors (Lipinski definition) is 1. The molecule has 6 heteroatoms. The Labute approximate surface area is 113 Å². The maximum atomic E-state index is 11.6. The van der Waals surface area contributed by atoms with Gasteiger partial charge in [0.2, 0.25) is 10.0 Å². The van der Waals surface area contributed by atoms with Crippen molar-refractivity contribution in [2.45, 2.75) is 26.3 Å². The molecule has 1 unspecified atom stereocenters. The highest BCUT2D eigenvalue weighted by Crippen LogP contribution is 2.23. The topological polar surface area (TPSA) is 49.4 Å². The average Bonchev–Trinajstić information content (AvgIpc) is 2.85. The maximum absolute atomic E-state index is 11.6. The third kappa shape index (κ3) is 3.12. The molecule has 1 saturated heterocycles. The van der Waals surface area contributed by atoms with Gasteiger partial charge >= 0.3 is 0 Å². The van der Waals surface area contributed by atoms with Crippen molar-refractivity contribution in [3.05, 3.63) is 21.9 Å². The van der Waals surface area contributed by atoms with Crippen LogP contribution < -0.4 is 5.32 Å². The predicted molar refractivity (Wildman–Crippen MR) is 75.5 cm³/mol. The van der Waals surface area contributed by atoms with E-state index in [0.717, 1.165) is 6.42 Å². The molecule has 18 heavy (non-hydrogen) atoms. The monoisotopic (exact) mass is 288 g/mol. The summed E-state index contributed by atoms with van der Waals surface area (Å²) < 4.78 is 24.8. The van der Waals surface area contributed by atoms with Crippen LogP contribution in [0.15, 0.2) is 11.4 Å². The molecule has 102 valence electrons. The van der Waals surface area contributed by atoms with E-state index in [1.165, 1.54) is 10.4 Å². The van der Waals surface area contributed by atoms with Gasteiger partial charge in [-0.25, -0.2) is 12.7 Å². The molecule has 0 bridgehead atoms. The molecular formula is C12H20N2O2S2. The summed E-state index contributed by atoms with van der Waals surface area (Å²) in [4.78, 5) is 1.33. The first-order chi connectivity index (χ1) is 8.50. The number of sulfonamides is 1. The highest BCUT2D eigenvalue weighted by molar-refractivity contribution is 7.89. The van der Waals surface area contributed by atoms with Crippen LogP contribution in [-0.4, -0.2) is 38.1 Å². The third-order valence-corrected chi connectivity index (χ3v) is 6.47. The van der Waals surface area contributed by atoms with E-state index in [4.69, 9.17) is 0 Å². The lowest BCUT2D eigenvalue weighted by Gasteiger charge is -2.17. The summed E-state index contributed by atoms with van der Waals surface area (Å²) in [6.45, 7) is 6.19. The fraction of sp³-hybridized carbons (Fsp3) is 0.667. The highest BCUT2D eigenvalue weighted by atomic mass is 32.2. The van der Waals surface area contributed by atoms with E-state index < -0.39 is 10.0 Å². The van der Waals surface area contributed by atoms with E-state index in [1.807, 2.05) is 0 Å². The largest absolute Gasteiger partial charge is 0.308 e. The van der Waals surface area contributed by atoms with Crippen LogP contribution in [0.25, 0.3) is 0 Å². The van der Waals surface area contributed by atoms with Crippen LogP contribution >= 0.6 is 11.3 Å². The van der Waals surface area contributed by atoms with E-state index in [9.17, 15) is 8.42 Å². The smallest absolute Gasteiger partial charge is 0.214 e. The fourth-order valence-electron chi connectivity index (χ4n) is 2.27. The summed E-state index contributed by atoms with van der Waals surface area (Å²) in [5.74, 6) is 0.312. The van der Waals surface area contributed by atoms with Crippen LogP contribution in [0.5, 0.6) is 0 Å². The van der Waals surface area contributed by atoms with Crippen LogP contribution in [0.3, 0.4) is 0 Å². The summed E-state index contributed by atoms with van der Waals surface area (Å²) in [5.41, 5.74) is 1.30. The van der Waals surface area contributed by atoms with Crippen molar-refractivity contribution in [2.75, 3.05) is 25.4 Å². The van der Waals surface area contributed by atoms with Gasteiger partial charge in [-0.15, -0.1) is 11.3 Å². The van der Waals surface area contributed by atoms with E-state index in [0.29, 0.717) is 25.4 Å². The Balaban J connectivity index is 1.81. The molecule has 4 nitrogen and oxygen atoms in total. The van der Waals surface area contributed by atoms with Gasteiger partial charge in [0, 0.05) is 30.6 Å². The summed E-state index contributed by atoms with van der Waals surface area (Å²) in [5, 5.41) is 5.49. The van der Waals surface area contributed by atoms with Crippen molar-refractivity contribution in [3.8, 4) is 0 Å². The number of hydrogen-bond acceptors (Lipinski definition) is 4. The van der Waals surface area contributed by atoms with Gasteiger partial charge in [0.05, 0.1) is 5.75 Å². The van der Waals surface area contributed by atoms with Crippen molar-refractivity contribution in [3.63, 3.8) is 0 Å². The molecule has 1 atom stereocenters. The van der Waals surface area contributed by atoms with Crippen LogP contribution in [0.2, 0.25) is 0 Å². The first-order valence-corrected chi connectivity index (χ1v) is 8.75. The lowest BCUT2D eigenvalue weighted by atomic mass is 10.2. The molecule has 2 rings (SSSR count).